The van der Waals surface area contributed by atoms with Crippen LogP contribution in [0.1, 0.15) is 10.6 Å². The molecule has 2 heterocycles. The van der Waals surface area contributed by atoms with Gasteiger partial charge in [0.05, 0.1) is 28.7 Å². The fourth-order valence-electron chi connectivity index (χ4n) is 3.49. The largest absolute Gasteiger partial charge is 0.497 e. The molecule has 0 atom stereocenters. The standard InChI is InChI=1S/C25H16ClN3OS2/c1-30-19-6-4-5-18(13-19)29-22(16-9-11-17(26)12-10-16)15-31-25(29)20(14-27)24-28-21-7-2-3-8-23(21)32-24/h2-13,15H,1H3. The van der Waals surface area contributed by atoms with Gasteiger partial charge in [0.1, 0.15) is 27.4 Å². The summed E-state index contributed by atoms with van der Waals surface area (Å²) in [6.45, 7) is 0. The first-order valence-electron chi connectivity index (χ1n) is 9.75. The molecule has 4 nitrogen and oxygen atoms in total. The maximum Gasteiger partial charge on any atom is 0.137 e. The lowest BCUT2D eigenvalue weighted by Gasteiger charge is -2.25. The maximum absolute atomic E-state index is 10.2. The number of nitriles is 1. The lowest BCUT2D eigenvalue weighted by molar-refractivity contribution is 0.415. The summed E-state index contributed by atoms with van der Waals surface area (Å²) in [6, 6.07) is 25.8. The second-order valence-corrected chi connectivity index (χ2v) is 9.27. The number of aromatic nitrogens is 1. The van der Waals surface area contributed by atoms with E-state index in [0.29, 0.717) is 15.6 Å². The van der Waals surface area contributed by atoms with Gasteiger partial charge in [0.25, 0.3) is 0 Å². The lowest BCUT2D eigenvalue weighted by atomic mass is 10.1. The molecule has 0 amide bonds. The number of fused-ring (bicyclic) bond motifs is 1. The highest BCUT2D eigenvalue weighted by Crippen LogP contribution is 2.47. The van der Waals surface area contributed by atoms with Crippen LogP contribution in [0.4, 0.5) is 5.69 Å². The third-order valence-electron chi connectivity index (χ3n) is 5.01. The van der Waals surface area contributed by atoms with E-state index in [0.717, 1.165) is 37.9 Å². The Bertz CT molecular complexity index is 1380. The summed E-state index contributed by atoms with van der Waals surface area (Å²) < 4.78 is 6.51. The Kier molecular flexibility index (Phi) is 5.62. The Balaban J connectivity index is 1.69. The van der Waals surface area contributed by atoms with Crippen LogP contribution < -0.4 is 9.64 Å². The van der Waals surface area contributed by atoms with Crippen LogP contribution in [0, 0.1) is 11.3 Å². The first-order chi connectivity index (χ1) is 15.7. The van der Waals surface area contributed by atoms with E-state index in [2.05, 4.69) is 16.4 Å². The van der Waals surface area contributed by atoms with E-state index in [9.17, 15) is 5.26 Å². The molecule has 0 saturated heterocycles. The molecule has 0 radical (unpaired) electrons. The number of rotatable bonds is 4. The second-order valence-electron chi connectivity index (χ2n) is 6.94. The number of anilines is 1. The van der Waals surface area contributed by atoms with E-state index in [1.54, 1.807) is 7.11 Å². The minimum absolute atomic E-state index is 0.541. The van der Waals surface area contributed by atoms with Crippen molar-refractivity contribution in [3.8, 4) is 11.8 Å². The molecule has 7 heteroatoms. The van der Waals surface area contributed by atoms with Crippen LogP contribution in [-0.2, 0) is 0 Å². The zero-order valence-electron chi connectivity index (χ0n) is 16.9. The summed E-state index contributed by atoms with van der Waals surface area (Å²) in [5.41, 5.74) is 4.30. The van der Waals surface area contributed by atoms with Gasteiger partial charge in [-0.25, -0.2) is 4.98 Å². The molecule has 0 bridgehead atoms. The van der Waals surface area contributed by atoms with Crippen LogP contribution in [-0.4, -0.2) is 12.1 Å². The van der Waals surface area contributed by atoms with Crippen molar-refractivity contribution in [3.05, 3.63) is 98.8 Å². The summed E-state index contributed by atoms with van der Waals surface area (Å²) in [5, 5.41) is 14.4. The summed E-state index contributed by atoms with van der Waals surface area (Å²) in [4.78, 5) is 6.82. The molecule has 3 aromatic carbocycles. The Labute approximate surface area is 199 Å². The van der Waals surface area contributed by atoms with Gasteiger partial charge in [-0.2, -0.15) is 5.26 Å². The predicted molar refractivity (Wildman–Crippen MR) is 135 cm³/mol. The van der Waals surface area contributed by atoms with Crippen LogP contribution in [0.5, 0.6) is 5.75 Å². The number of hydrogen-bond donors (Lipinski definition) is 0. The van der Waals surface area contributed by atoms with Crippen LogP contribution >= 0.6 is 34.7 Å². The number of methoxy groups -OCH3 is 1. The number of nitrogens with zero attached hydrogens (tertiary/aromatic N) is 3. The molecule has 5 rings (SSSR count). The van der Waals surface area contributed by atoms with Crippen LogP contribution in [0.25, 0.3) is 21.5 Å². The molecular formula is C25H16ClN3OS2. The number of allylic oxidation sites excluding steroid dienone is 1. The van der Waals surface area contributed by atoms with E-state index in [1.165, 1.54) is 23.1 Å². The molecule has 0 saturated carbocycles. The van der Waals surface area contributed by atoms with Gasteiger partial charge in [-0.3, -0.25) is 0 Å². The monoisotopic (exact) mass is 473 g/mol. The minimum atomic E-state index is 0.541. The zero-order valence-corrected chi connectivity index (χ0v) is 19.3. The number of para-hydroxylation sites is 1. The highest BCUT2D eigenvalue weighted by molar-refractivity contribution is 8.06. The van der Waals surface area contributed by atoms with Gasteiger partial charge in [-0.05, 0) is 42.0 Å². The highest BCUT2D eigenvalue weighted by Gasteiger charge is 2.29. The average molecular weight is 474 g/mol. The van der Waals surface area contributed by atoms with Gasteiger partial charge in [0, 0.05) is 16.5 Å². The van der Waals surface area contributed by atoms with E-state index in [1.807, 2.05) is 72.8 Å². The number of halogens is 1. The molecule has 1 aliphatic rings. The Morgan fingerprint density at radius 3 is 2.62 bits per heavy atom. The molecule has 0 unspecified atom stereocenters. The Morgan fingerprint density at radius 2 is 1.88 bits per heavy atom. The average Bonchev–Trinajstić information content (AvgIpc) is 3.45. The van der Waals surface area contributed by atoms with Crippen molar-refractivity contribution in [1.29, 1.82) is 5.26 Å². The van der Waals surface area contributed by atoms with E-state index in [-0.39, 0.29) is 0 Å². The van der Waals surface area contributed by atoms with Crippen molar-refractivity contribution in [3.63, 3.8) is 0 Å². The Hall–Kier alpha value is -3.24. The smallest absolute Gasteiger partial charge is 0.137 e. The third kappa shape index (κ3) is 3.76. The summed E-state index contributed by atoms with van der Waals surface area (Å²) in [6.07, 6.45) is 0. The second kappa shape index (κ2) is 8.71. The van der Waals surface area contributed by atoms with Gasteiger partial charge in [-0.15, -0.1) is 11.3 Å². The molecule has 156 valence electrons. The van der Waals surface area contributed by atoms with E-state index >= 15 is 0 Å². The molecule has 0 spiro atoms. The van der Waals surface area contributed by atoms with Crippen molar-refractivity contribution in [2.75, 3.05) is 12.0 Å². The summed E-state index contributed by atoms with van der Waals surface area (Å²) in [5.74, 6) is 0.743. The first-order valence-corrected chi connectivity index (χ1v) is 11.8. The third-order valence-corrected chi connectivity index (χ3v) is 7.27. The molecule has 0 aliphatic carbocycles. The normalized spacial score (nSPS) is 14.9. The van der Waals surface area contributed by atoms with E-state index in [4.69, 9.17) is 21.3 Å². The quantitative estimate of drug-likeness (QED) is 0.289. The summed E-state index contributed by atoms with van der Waals surface area (Å²) >= 11 is 9.16. The van der Waals surface area contributed by atoms with Crippen molar-refractivity contribution in [2.45, 2.75) is 0 Å². The number of ether oxygens (including phenoxy) is 1. The van der Waals surface area contributed by atoms with Crippen molar-refractivity contribution in [2.24, 2.45) is 0 Å². The fraction of sp³-hybridized carbons (Fsp3) is 0.0400. The van der Waals surface area contributed by atoms with Crippen LogP contribution in [0.2, 0.25) is 5.02 Å². The van der Waals surface area contributed by atoms with Gasteiger partial charge >= 0.3 is 0 Å². The molecule has 1 aliphatic heterocycles. The van der Waals surface area contributed by atoms with Crippen LogP contribution in [0.3, 0.4) is 0 Å². The SMILES string of the molecule is COc1cccc(N2C(c3ccc(Cl)cc3)=CSC2=C(C#N)c2nc3ccccc3s2)c1. The minimum Gasteiger partial charge on any atom is -0.497 e. The Morgan fingerprint density at radius 1 is 1.06 bits per heavy atom. The van der Waals surface area contributed by atoms with Gasteiger partial charge in [0.2, 0.25) is 0 Å². The molecule has 0 fully saturated rings. The zero-order chi connectivity index (χ0) is 22.1. The van der Waals surface area contributed by atoms with Gasteiger partial charge < -0.3 is 9.64 Å². The molecule has 32 heavy (non-hydrogen) atoms. The molecule has 4 aromatic rings. The topological polar surface area (TPSA) is 49.1 Å². The fourth-order valence-corrected chi connectivity index (χ4v) is 5.67. The predicted octanol–water partition coefficient (Wildman–Crippen LogP) is 7.40. The van der Waals surface area contributed by atoms with E-state index < -0.39 is 0 Å². The maximum atomic E-state index is 10.2. The number of benzene rings is 3. The number of thioether (sulfide) groups is 1. The van der Waals surface area contributed by atoms with Crippen molar-refractivity contribution < 1.29 is 4.74 Å². The highest BCUT2D eigenvalue weighted by atomic mass is 35.5. The summed E-state index contributed by atoms with van der Waals surface area (Å²) in [7, 11) is 1.65. The first kappa shape index (κ1) is 20.7. The van der Waals surface area contributed by atoms with Gasteiger partial charge in [0.15, 0.2) is 0 Å². The van der Waals surface area contributed by atoms with Crippen LogP contribution in [0.15, 0.2) is 83.2 Å². The van der Waals surface area contributed by atoms with Crippen molar-refractivity contribution in [1.82, 2.24) is 4.98 Å². The molecule has 1 aromatic heterocycles. The number of hydrogen-bond acceptors (Lipinski definition) is 6. The van der Waals surface area contributed by atoms with Gasteiger partial charge in [-0.1, -0.05) is 53.7 Å². The number of thiazole rings is 1. The molecule has 0 N–H and O–H groups in total. The molecular weight excluding hydrogens is 458 g/mol. The lowest BCUT2D eigenvalue weighted by Crippen LogP contribution is -2.17. The van der Waals surface area contributed by atoms with Crippen molar-refractivity contribution >= 4 is 61.9 Å².